The molecule has 0 amide bonds. The topological polar surface area (TPSA) is 51.8 Å². The van der Waals surface area contributed by atoms with Crippen molar-refractivity contribution in [2.45, 2.75) is 43.2 Å². The van der Waals surface area contributed by atoms with Crippen LogP contribution in [0.15, 0.2) is 34.2 Å². The van der Waals surface area contributed by atoms with E-state index in [1.54, 1.807) is 12.1 Å². The molecule has 0 atom stereocenters. The van der Waals surface area contributed by atoms with Gasteiger partial charge in [0.1, 0.15) is 10.8 Å². The van der Waals surface area contributed by atoms with Gasteiger partial charge in [0.05, 0.1) is 5.69 Å². The minimum absolute atomic E-state index is 0.241. The molecule has 1 aromatic carbocycles. The van der Waals surface area contributed by atoms with Crippen LogP contribution < -0.4 is 5.73 Å². The van der Waals surface area contributed by atoms with Gasteiger partial charge in [-0.2, -0.15) is 5.10 Å². The minimum atomic E-state index is -0.241. The SMILES string of the molecule is CCc1nnc(Sc2ccc(F)cc2)c(CN)c1CC. The molecule has 0 fully saturated rings. The third-order valence-corrected chi connectivity index (χ3v) is 4.18. The molecule has 2 rings (SSSR count). The number of aryl methyl sites for hydroxylation is 1. The first-order valence-electron chi connectivity index (χ1n) is 6.70. The van der Waals surface area contributed by atoms with Crippen molar-refractivity contribution in [1.82, 2.24) is 10.2 Å². The normalized spacial score (nSPS) is 10.8. The Balaban J connectivity index is 2.38. The smallest absolute Gasteiger partial charge is 0.128 e. The molecule has 0 radical (unpaired) electrons. The molecule has 0 saturated carbocycles. The van der Waals surface area contributed by atoms with Crippen LogP contribution in [0.25, 0.3) is 0 Å². The fourth-order valence-corrected chi connectivity index (χ4v) is 3.04. The number of hydrogen-bond acceptors (Lipinski definition) is 4. The Hall–Kier alpha value is -1.46. The third kappa shape index (κ3) is 3.16. The van der Waals surface area contributed by atoms with Crippen LogP contribution in [0.1, 0.15) is 30.7 Å². The monoisotopic (exact) mass is 291 g/mol. The van der Waals surface area contributed by atoms with E-state index in [1.807, 2.05) is 0 Å². The van der Waals surface area contributed by atoms with Gasteiger partial charge in [-0.15, -0.1) is 5.10 Å². The number of hydrogen-bond donors (Lipinski definition) is 1. The molecule has 3 nitrogen and oxygen atoms in total. The van der Waals surface area contributed by atoms with E-state index in [0.717, 1.165) is 34.0 Å². The molecular formula is C15H18FN3S. The Labute approximate surface area is 122 Å². The average Bonchev–Trinajstić information content (AvgIpc) is 2.48. The molecule has 106 valence electrons. The summed E-state index contributed by atoms with van der Waals surface area (Å²) in [4.78, 5) is 0.932. The van der Waals surface area contributed by atoms with Crippen molar-refractivity contribution in [2.75, 3.05) is 0 Å². The van der Waals surface area contributed by atoms with Gasteiger partial charge in [0.25, 0.3) is 0 Å². The molecule has 0 saturated heterocycles. The summed E-state index contributed by atoms with van der Waals surface area (Å²) >= 11 is 1.48. The molecule has 1 heterocycles. The Morgan fingerprint density at radius 1 is 1.05 bits per heavy atom. The average molecular weight is 291 g/mol. The first-order valence-corrected chi connectivity index (χ1v) is 7.52. The van der Waals surface area contributed by atoms with Gasteiger partial charge in [-0.25, -0.2) is 4.39 Å². The molecule has 0 bridgehead atoms. The van der Waals surface area contributed by atoms with Gasteiger partial charge in [-0.05, 0) is 42.7 Å². The summed E-state index contributed by atoms with van der Waals surface area (Å²) in [6.07, 6.45) is 1.74. The predicted molar refractivity (Wildman–Crippen MR) is 79.2 cm³/mol. The Kier molecular flexibility index (Phi) is 5.09. The lowest BCUT2D eigenvalue weighted by molar-refractivity contribution is 0.626. The zero-order chi connectivity index (χ0) is 14.5. The maximum atomic E-state index is 12.9. The summed E-state index contributed by atoms with van der Waals surface area (Å²) in [6.45, 7) is 4.60. The lowest BCUT2D eigenvalue weighted by Crippen LogP contribution is -2.10. The largest absolute Gasteiger partial charge is 0.326 e. The molecule has 0 aliphatic rings. The van der Waals surface area contributed by atoms with Crippen LogP contribution in [0.3, 0.4) is 0 Å². The summed E-state index contributed by atoms with van der Waals surface area (Å²) in [6, 6.07) is 6.36. The summed E-state index contributed by atoms with van der Waals surface area (Å²) in [5, 5.41) is 9.39. The molecule has 5 heteroatoms. The van der Waals surface area contributed by atoms with Gasteiger partial charge >= 0.3 is 0 Å². The molecule has 20 heavy (non-hydrogen) atoms. The van der Waals surface area contributed by atoms with Crippen molar-refractivity contribution in [1.29, 1.82) is 0 Å². The van der Waals surface area contributed by atoms with Crippen molar-refractivity contribution in [3.8, 4) is 0 Å². The van der Waals surface area contributed by atoms with E-state index in [4.69, 9.17) is 5.73 Å². The maximum absolute atomic E-state index is 12.9. The van der Waals surface area contributed by atoms with Crippen LogP contribution >= 0.6 is 11.8 Å². The van der Waals surface area contributed by atoms with E-state index in [1.165, 1.54) is 29.5 Å². The van der Waals surface area contributed by atoms with E-state index < -0.39 is 0 Å². The zero-order valence-electron chi connectivity index (χ0n) is 11.7. The second kappa shape index (κ2) is 6.81. The molecule has 0 unspecified atom stereocenters. The number of aromatic nitrogens is 2. The van der Waals surface area contributed by atoms with Crippen molar-refractivity contribution in [2.24, 2.45) is 5.73 Å². The number of nitrogens with zero attached hydrogens (tertiary/aromatic N) is 2. The quantitative estimate of drug-likeness (QED) is 0.918. The molecule has 0 aliphatic heterocycles. The molecule has 0 spiro atoms. The summed E-state index contributed by atoms with van der Waals surface area (Å²) in [5.74, 6) is -0.241. The van der Waals surface area contributed by atoms with E-state index in [0.29, 0.717) is 6.54 Å². The van der Waals surface area contributed by atoms with Gasteiger partial charge in [0.15, 0.2) is 0 Å². The summed E-state index contributed by atoms with van der Waals surface area (Å²) < 4.78 is 12.9. The lowest BCUT2D eigenvalue weighted by atomic mass is 10.0. The molecular weight excluding hydrogens is 273 g/mol. The van der Waals surface area contributed by atoms with Crippen molar-refractivity contribution in [3.63, 3.8) is 0 Å². The highest BCUT2D eigenvalue weighted by molar-refractivity contribution is 7.99. The molecule has 2 aromatic rings. The van der Waals surface area contributed by atoms with Gasteiger partial charge in [0.2, 0.25) is 0 Å². The zero-order valence-corrected chi connectivity index (χ0v) is 12.5. The Bertz CT molecular complexity index is 584. The minimum Gasteiger partial charge on any atom is -0.326 e. The Morgan fingerprint density at radius 3 is 2.30 bits per heavy atom. The molecule has 0 aliphatic carbocycles. The number of rotatable bonds is 5. The number of nitrogens with two attached hydrogens (primary N) is 1. The van der Waals surface area contributed by atoms with Crippen LogP contribution in [-0.2, 0) is 19.4 Å². The van der Waals surface area contributed by atoms with Gasteiger partial charge < -0.3 is 5.73 Å². The first kappa shape index (κ1) is 14.9. The maximum Gasteiger partial charge on any atom is 0.128 e. The van der Waals surface area contributed by atoms with Gasteiger partial charge in [0, 0.05) is 17.0 Å². The fourth-order valence-electron chi connectivity index (χ4n) is 2.14. The van der Waals surface area contributed by atoms with Crippen molar-refractivity contribution >= 4 is 11.8 Å². The highest BCUT2D eigenvalue weighted by atomic mass is 32.2. The second-order valence-corrected chi connectivity index (χ2v) is 5.44. The lowest BCUT2D eigenvalue weighted by Gasteiger charge is -2.13. The molecule has 1 aromatic heterocycles. The standard InChI is InChI=1S/C15H18FN3S/c1-3-12-13(9-17)15(19-18-14(12)4-2)20-11-7-5-10(16)6-8-11/h5-8H,3-4,9,17H2,1-2H3. The van der Waals surface area contributed by atoms with Crippen LogP contribution in [0.4, 0.5) is 4.39 Å². The highest BCUT2D eigenvalue weighted by Crippen LogP contribution is 2.31. The van der Waals surface area contributed by atoms with Crippen LogP contribution in [0.5, 0.6) is 0 Å². The van der Waals surface area contributed by atoms with E-state index in [2.05, 4.69) is 24.0 Å². The van der Waals surface area contributed by atoms with E-state index >= 15 is 0 Å². The third-order valence-electron chi connectivity index (χ3n) is 3.15. The van der Waals surface area contributed by atoms with Gasteiger partial charge in [-0.1, -0.05) is 25.6 Å². The Morgan fingerprint density at radius 2 is 1.75 bits per heavy atom. The van der Waals surface area contributed by atoms with Crippen molar-refractivity contribution < 1.29 is 4.39 Å². The molecule has 2 N–H and O–H groups in total. The summed E-state index contributed by atoms with van der Waals surface area (Å²) in [7, 11) is 0. The van der Waals surface area contributed by atoms with E-state index in [-0.39, 0.29) is 5.82 Å². The highest BCUT2D eigenvalue weighted by Gasteiger charge is 2.14. The second-order valence-electron chi connectivity index (χ2n) is 4.38. The van der Waals surface area contributed by atoms with Crippen LogP contribution in [0.2, 0.25) is 0 Å². The van der Waals surface area contributed by atoms with Gasteiger partial charge in [-0.3, -0.25) is 0 Å². The van der Waals surface area contributed by atoms with Crippen molar-refractivity contribution in [3.05, 3.63) is 46.9 Å². The number of benzene rings is 1. The van der Waals surface area contributed by atoms with Crippen LogP contribution in [0, 0.1) is 5.82 Å². The first-order chi connectivity index (χ1) is 9.69. The summed E-state index contributed by atoms with van der Waals surface area (Å²) in [5.41, 5.74) is 9.14. The fraction of sp³-hybridized carbons (Fsp3) is 0.333. The predicted octanol–water partition coefficient (Wildman–Crippen LogP) is 3.35. The van der Waals surface area contributed by atoms with E-state index in [9.17, 15) is 4.39 Å². The number of halogens is 1. The van der Waals surface area contributed by atoms with Crippen LogP contribution in [-0.4, -0.2) is 10.2 Å².